The van der Waals surface area contributed by atoms with Crippen LogP contribution in [0.4, 0.5) is 13.2 Å². The Balaban J connectivity index is 1.60. The Morgan fingerprint density at radius 1 is 0.636 bits per heavy atom. The van der Waals surface area contributed by atoms with Gasteiger partial charge in [-0.1, -0.05) is 60.7 Å². The largest absolute Gasteiger partial charge is 0.508 e. The van der Waals surface area contributed by atoms with Gasteiger partial charge < -0.3 is 9.67 Å². The number of rotatable bonds is 4. The number of alkyl halides is 3. The summed E-state index contributed by atoms with van der Waals surface area (Å²) in [6.07, 6.45) is -4.36. The van der Waals surface area contributed by atoms with Gasteiger partial charge in [0.15, 0.2) is 0 Å². The average Bonchev–Trinajstić information content (AvgIpc) is 3.22. The number of benzene rings is 4. The van der Waals surface area contributed by atoms with E-state index in [1.54, 1.807) is 12.1 Å². The van der Waals surface area contributed by atoms with Gasteiger partial charge in [0.1, 0.15) is 5.75 Å². The van der Waals surface area contributed by atoms with E-state index >= 15 is 0 Å². The topological polar surface area (TPSA) is 25.2 Å². The minimum Gasteiger partial charge on any atom is -0.508 e. The molecule has 0 saturated carbocycles. The molecule has 0 unspecified atom stereocenters. The third-order valence-electron chi connectivity index (χ3n) is 5.79. The molecule has 5 aromatic rings. The van der Waals surface area contributed by atoms with E-state index in [4.69, 9.17) is 0 Å². The first-order chi connectivity index (χ1) is 15.9. The molecule has 1 N–H and O–H groups in total. The Kier molecular flexibility index (Phi) is 5.17. The second-order valence-corrected chi connectivity index (χ2v) is 8.00. The average molecular weight is 443 g/mol. The molecule has 5 heteroatoms. The van der Waals surface area contributed by atoms with Gasteiger partial charge in [-0.25, -0.2) is 0 Å². The van der Waals surface area contributed by atoms with Crippen molar-refractivity contribution in [2.75, 3.05) is 0 Å². The monoisotopic (exact) mass is 443 g/mol. The van der Waals surface area contributed by atoms with Crippen LogP contribution in [0, 0.1) is 0 Å². The molecule has 1 heterocycles. The Hall–Kier alpha value is -3.99. The van der Waals surface area contributed by atoms with Gasteiger partial charge >= 0.3 is 6.18 Å². The fraction of sp³-hybridized carbons (Fsp3) is 0.0714. The highest BCUT2D eigenvalue weighted by atomic mass is 19.4. The first-order valence-corrected chi connectivity index (χ1v) is 10.5. The van der Waals surface area contributed by atoms with E-state index in [-0.39, 0.29) is 5.75 Å². The van der Waals surface area contributed by atoms with Crippen LogP contribution < -0.4 is 0 Å². The minimum absolute atomic E-state index is 0.215. The van der Waals surface area contributed by atoms with Gasteiger partial charge in [-0.2, -0.15) is 13.2 Å². The molecule has 0 bridgehead atoms. The molecule has 0 aliphatic carbocycles. The summed E-state index contributed by atoms with van der Waals surface area (Å²) in [5.41, 5.74) is 4.09. The molecule has 164 valence electrons. The molecule has 4 aromatic carbocycles. The van der Waals surface area contributed by atoms with Crippen LogP contribution in [0.5, 0.6) is 5.75 Å². The Bertz CT molecular complexity index is 1420. The highest BCUT2D eigenvalue weighted by Crippen LogP contribution is 2.33. The lowest BCUT2D eigenvalue weighted by atomic mass is 10.0. The van der Waals surface area contributed by atoms with Crippen molar-refractivity contribution in [1.29, 1.82) is 0 Å². The zero-order chi connectivity index (χ0) is 23.0. The van der Waals surface area contributed by atoms with Gasteiger partial charge in [-0.3, -0.25) is 0 Å². The number of phenols is 1. The van der Waals surface area contributed by atoms with Crippen LogP contribution in [-0.4, -0.2) is 9.67 Å². The number of aromatic nitrogens is 1. The van der Waals surface area contributed by atoms with Crippen molar-refractivity contribution >= 4 is 10.8 Å². The summed E-state index contributed by atoms with van der Waals surface area (Å²) in [5.74, 6) is 0.215. The van der Waals surface area contributed by atoms with Crippen LogP contribution in [0.15, 0.2) is 103 Å². The number of hydrogen-bond acceptors (Lipinski definition) is 1. The van der Waals surface area contributed by atoms with Crippen molar-refractivity contribution in [1.82, 2.24) is 4.57 Å². The normalized spacial score (nSPS) is 11.7. The summed E-state index contributed by atoms with van der Waals surface area (Å²) in [5, 5.41) is 11.7. The molecular weight excluding hydrogens is 423 g/mol. The number of phenolic OH excluding ortho intramolecular Hbond substituents is 1. The van der Waals surface area contributed by atoms with E-state index in [2.05, 4.69) is 10.6 Å². The maximum Gasteiger partial charge on any atom is 0.416 e. The summed E-state index contributed by atoms with van der Waals surface area (Å²) < 4.78 is 41.1. The van der Waals surface area contributed by atoms with Crippen molar-refractivity contribution in [3.8, 4) is 28.3 Å². The molecule has 0 amide bonds. The van der Waals surface area contributed by atoms with Crippen LogP contribution >= 0.6 is 0 Å². The summed E-state index contributed by atoms with van der Waals surface area (Å²) in [6, 6.07) is 30.6. The number of aromatic hydroxyl groups is 1. The molecule has 0 atom stereocenters. The minimum atomic E-state index is -4.36. The Morgan fingerprint density at radius 3 is 1.97 bits per heavy atom. The molecule has 33 heavy (non-hydrogen) atoms. The fourth-order valence-electron chi connectivity index (χ4n) is 4.13. The predicted octanol–water partition coefficient (Wildman–Crippen LogP) is 7.75. The van der Waals surface area contributed by atoms with Crippen LogP contribution in [0.1, 0.15) is 11.1 Å². The standard InChI is InChI=1S/C28H20F3NO/c29-28(30,31)24-11-6-19(7-12-24)18-32-26(20-4-2-1-3-5-20)14-15-27(32)23-9-8-22-17-25(33)13-10-21(22)16-23/h1-17,33H,18H2. The van der Waals surface area contributed by atoms with Gasteiger partial charge in [0.2, 0.25) is 0 Å². The molecule has 0 saturated heterocycles. The van der Waals surface area contributed by atoms with E-state index in [0.29, 0.717) is 6.54 Å². The van der Waals surface area contributed by atoms with Gasteiger partial charge in [0.05, 0.1) is 5.56 Å². The van der Waals surface area contributed by atoms with Crippen molar-refractivity contribution in [2.45, 2.75) is 12.7 Å². The van der Waals surface area contributed by atoms with Crippen molar-refractivity contribution in [2.24, 2.45) is 0 Å². The van der Waals surface area contributed by atoms with Crippen LogP contribution in [0.2, 0.25) is 0 Å². The zero-order valence-corrected chi connectivity index (χ0v) is 17.6. The second-order valence-electron chi connectivity index (χ2n) is 8.00. The molecule has 0 fully saturated rings. The maximum absolute atomic E-state index is 13.0. The van der Waals surface area contributed by atoms with E-state index in [0.717, 1.165) is 51.0 Å². The lowest BCUT2D eigenvalue weighted by Gasteiger charge is -2.16. The molecule has 5 rings (SSSR count). The lowest BCUT2D eigenvalue weighted by molar-refractivity contribution is -0.137. The highest BCUT2D eigenvalue weighted by Gasteiger charge is 2.30. The van der Waals surface area contributed by atoms with Crippen LogP contribution in [0.25, 0.3) is 33.3 Å². The second kappa shape index (κ2) is 8.17. The summed E-state index contributed by atoms with van der Waals surface area (Å²) in [6.45, 7) is 0.429. The molecule has 1 aromatic heterocycles. The molecule has 0 radical (unpaired) electrons. The van der Waals surface area contributed by atoms with Crippen molar-refractivity contribution in [3.63, 3.8) is 0 Å². The van der Waals surface area contributed by atoms with E-state index in [1.807, 2.05) is 60.7 Å². The molecule has 0 aliphatic heterocycles. The molecule has 0 aliphatic rings. The first kappa shape index (κ1) is 20.9. The van der Waals surface area contributed by atoms with E-state index in [9.17, 15) is 18.3 Å². The SMILES string of the molecule is Oc1ccc2cc(-c3ccc(-c4ccccc4)n3Cc3ccc(C(F)(F)F)cc3)ccc2c1. The smallest absolute Gasteiger partial charge is 0.416 e. The molecule has 2 nitrogen and oxygen atoms in total. The lowest BCUT2D eigenvalue weighted by Crippen LogP contribution is -2.07. The third kappa shape index (κ3) is 4.22. The van der Waals surface area contributed by atoms with Gasteiger partial charge in [0, 0.05) is 17.9 Å². The quantitative estimate of drug-likeness (QED) is 0.302. The predicted molar refractivity (Wildman–Crippen MR) is 125 cm³/mol. The summed E-state index contributed by atoms with van der Waals surface area (Å²) in [4.78, 5) is 0. The Morgan fingerprint density at radius 2 is 1.27 bits per heavy atom. The summed E-state index contributed by atoms with van der Waals surface area (Å²) >= 11 is 0. The molecule has 0 spiro atoms. The zero-order valence-electron chi connectivity index (χ0n) is 17.6. The van der Waals surface area contributed by atoms with Crippen molar-refractivity contribution in [3.05, 3.63) is 114 Å². The van der Waals surface area contributed by atoms with E-state index in [1.165, 1.54) is 12.1 Å². The van der Waals surface area contributed by atoms with Crippen LogP contribution in [-0.2, 0) is 12.7 Å². The van der Waals surface area contributed by atoms with Gasteiger partial charge in [0.25, 0.3) is 0 Å². The molecular formula is C28H20F3NO. The van der Waals surface area contributed by atoms with Crippen LogP contribution in [0.3, 0.4) is 0 Å². The summed E-state index contributed by atoms with van der Waals surface area (Å²) in [7, 11) is 0. The third-order valence-corrected chi connectivity index (χ3v) is 5.79. The highest BCUT2D eigenvalue weighted by molar-refractivity contribution is 5.88. The van der Waals surface area contributed by atoms with E-state index < -0.39 is 11.7 Å². The van der Waals surface area contributed by atoms with Gasteiger partial charge in [-0.05, 0) is 69.9 Å². The maximum atomic E-state index is 13.0. The fourth-order valence-corrected chi connectivity index (χ4v) is 4.13. The number of halogens is 3. The number of nitrogens with zero attached hydrogens (tertiary/aromatic N) is 1. The van der Waals surface area contributed by atoms with Crippen molar-refractivity contribution < 1.29 is 18.3 Å². The number of hydrogen-bond donors (Lipinski definition) is 1. The Labute approximate surface area is 189 Å². The van der Waals surface area contributed by atoms with Gasteiger partial charge in [-0.15, -0.1) is 0 Å². The first-order valence-electron chi connectivity index (χ1n) is 10.5. The number of fused-ring (bicyclic) bond motifs is 1.